The molecule has 1 heterocycles. The minimum absolute atomic E-state index is 0.0285. The van der Waals surface area contributed by atoms with Crippen molar-refractivity contribution in [1.82, 2.24) is 0 Å². The molecule has 5 heteroatoms. The number of epoxide rings is 1. The molecule has 1 saturated heterocycles. The van der Waals surface area contributed by atoms with Gasteiger partial charge in [0.25, 0.3) is 5.69 Å². The predicted octanol–water partition coefficient (Wildman–Crippen LogP) is 3.23. The van der Waals surface area contributed by atoms with Crippen LogP contribution in [0.2, 0.25) is 0 Å². The molecule has 1 aliphatic rings. The van der Waals surface area contributed by atoms with Crippen LogP contribution in [0, 0.1) is 17.0 Å². The number of ether oxygens (including phenoxy) is 1. The van der Waals surface area contributed by atoms with E-state index in [1.807, 2.05) is 19.1 Å². The molecule has 2 aromatic rings. The Bertz CT molecular complexity index is 691. The Labute approximate surface area is 121 Å². The maximum atomic E-state index is 12.2. The lowest BCUT2D eigenvalue weighted by Crippen LogP contribution is -2.08. The smallest absolute Gasteiger partial charge is 0.269 e. The zero-order valence-corrected chi connectivity index (χ0v) is 11.4. The normalized spacial score (nSPS) is 20.0. The molecule has 2 aromatic carbocycles. The number of nitro benzene ring substituents is 1. The van der Waals surface area contributed by atoms with Gasteiger partial charge < -0.3 is 4.74 Å². The number of carbonyl (C=O) groups is 1. The van der Waals surface area contributed by atoms with Crippen LogP contribution in [0.15, 0.2) is 48.5 Å². The fourth-order valence-corrected chi connectivity index (χ4v) is 2.23. The van der Waals surface area contributed by atoms with Gasteiger partial charge in [-0.3, -0.25) is 14.9 Å². The average Bonchev–Trinajstić information content (AvgIpc) is 3.28. The van der Waals surface area contributed by atoms with Crippen molar-refractivity contribution in [1.29, 1.82) is 0 Å². The minimum atomic E-state index is -0.492. The number of benzene rings is 2. The van der Waals surface area contributed by atoms with E-state index in [0.29, 0.717) is 5.56 Å². The van der Waals surface area contributed by atoms with Gasteiger partial charge in [-0.25, -0.2) is 0 Å². The number of non-ortho nitro benzene ring substituents is 1. The summed E-state index contributed by atoms with van der Waals surface area (Å²) in [7, 11) is 0. The molecule has 0 aromatic heterocycles. The van der Waals surface area contributed by atoms with Crippen LogP contribution in [0.3, 0.4) is 0 Å². The number of hydrogen-bond donors (Lipinski definition) is 0. The Morgan fingerprint density at radius 1 is 1.10 bits per heavy atom. The van der Waals surface area contributed by atoms with E-state index in [-0.39, 0.29) is 17.6 Å². The van der Waals surface area contributed by atoms with Crippen molar-refractivity contribution >= 4 is 11.5 Å². The van der Waals surface area contributed by atoms with Crippen LogP contribution < -0.4 is 0 Å². The van der Waals surface area contributed by atoms with E-state index in [4.69, 9.17) is 4.74 Å². The Hall–Kier alpha value is -2.53. The summed E-state index contributed by atoms with van der Waals surface area (Å²) in [4.78, 5) is 22.4. The Morgan fingerprint density at radius 3 is 2.29 bits per heavy atom. The van der Waals surface area contributed by atoms with E-state index in [1.165, 1.54) is 12.1 Å². The summed E-state index contributed by atoms with van der Waals surface area (Å²) in [6.45, 7) is 1.96. The number of Topliss-reactive ketones (excluding diaryl/α,β-unsaturated/α-hetero) is 1. The molecule has 1 aliphatic heterocycles. The zero-order chi connectivity index (χ0) is 15.0. The summed E-state index contributed by atoms with van der Waals surface area (Å²) < 4.78 is 5.43. The second kappa shape index (κ2) is 5.10. The third kappa shape index (κ3) is 2.68. The van der Waals surface area contributed by atoms with Gasteiger partial charge in [-0.2, -0.15) is 0 Å². The van der Waals surface area contributed by atoms with Gasteiger partial charge in [-0.05, 0) is 24.6 Å². The average molecular weight is 283 g/mol. The molecule has 0 unspecified atom stereocenters. The third-order valence-electron chi connectivity index (χ3n) is 3.52. The molecular formula is C16H13NO4. The maximum Gasteiger partial charge on any atom is 0.269 e. The van der Waals surface area contributed by atoms with Gasteiger partial charge in [0.1, 0.15) is 6.10 Å². The van der Waals surface area contributed by atoms with E-state index in [0.717, 1.165) is 11.1 Å². The van der Waals surface area contributed by atoms with Crippen LogP contribution >= 0.6 is 0 Å². The predicted molar refractivity (Wildman–Crippen MR) is 76.2 cm³/mol. The lowest BCUT2D eigenvalue weighted by Gasteiger charge is -1.99. The minimum Gasteiger partial charge on any atom is -0.356 e. The number of nitro groups is 1. The molecule has 2 atom stereocenters. The zero-order valence-electron chi connectivity index (χ0n) is 11.4. The standard InChI is InChI=1S/C16H13NO4/c1-10-2-4-11(5-3-10)14(18)16-15(21-16)12-6-8-13(9-7-12)17(19)20/h2-9,15-16H,1H3/t15-,16-/m1/s1. The number of aryl methyl sites for hydroxylation is 1. The number of ketones is 1. The van der Waals surface area contributed by atoms with E-state index >= 15 is 0 Å². The highest BCUT2D eigenvalue weighted by molar-refractivity contribution is 6.01. The number of hydrogen-bond acceptors (Lipinski definition) is 4. The first kappa shape index (κ1) is 13.5. The van der Waals surface area contributed by atoms with E-state index in [1.54, 1.807) is 24.3 Å². The van der Waals surface area contributed by atoms with Crippen LogP contribution in [0.4, 0.5) is 5.69 Å². The molecule has 21 heavy (non-hydrogen) atoms. The van der Waals surface area contributed by atoms with Gasteiger partial charge in [0.05, 0.1) is 4.92 Å². The monoisotopic (exact) mass is 283 g/mol. The molecule has 0 saturated carbocycles. The number of rotatable bonds is 4. The van der Waals surface area contributed by atoms with Crippen molar-refractivity contribution in [3.05, 3.63) is 75.3 Å². The molecule has 1 fully saturated rings. The summed E-state index contributed by atoms with van der Waals surface area (Å²) in [5, 5.41) is 10.6. The molecule has 3 rings (SSSR count). The molecule has 5 nitrogen and oxygen atoms in total. The maximum absolute atomic E-state index is 12.2. The molecule has 0 N–H and O–H groups in total. The van der Waals surface area contributed by atoms with Gasteiger partial charge in [-0.1, -0.05) is 29.8 Å². The van der Waals surface area contributed by atoms with Crippen molar-refractivity contribution in [2.75, 3.05) is 0 Å². The highest BCUT2D eigenvalue weighted by Crippen LogP contribution is 2.41. The Balaban J connectivity index is 1.72. The van der Waals surface area contributed by atoms with E-state index < -0.39 is 11.0 Å². The molecular weight excluding hydrogens is 270 g/mol. The van der Waals surface area contributed by atoms with Crippen molar-refractivity contribution in [2.24, 2.45) is 0 Å². The molecule has 0 spiro atoms. The van der Waals surface area contributed by atoms with Gasteiger partial charge >= 0.3 is 0 Å². The van der Waals surface area contributed by atoms with Crippen molar-refractivity contribution in [3.8, 4) is 0 Å². The number of carbonyl (C=O) groups excluding carboxylic acids is 1. The van der Waals surface area contributed by atoms with Crippen LogP contribution in [0.1, 0.15) is 27.6 Å². The SMILES string of the molecule is Cc1ccc(C(=O)[C@H]2O[C@@H]2c2ccc([N+](=O)[O-])cc2)cc1. The summed E-state index contributed by atoms with van der Waals surface area (Å²) in [5.74, 6) is -0.0571. The third-order valence-corrected chi connectivity index (χ3v) is 3.52. The van der Waals surface area contributed by atoms with Crippen molar-refractivity contribution in [2.45, 2.75) is 19.1 Å². The fourth-order valence-electron chi connectivity index (χ4n) is 2.23. The van der Waals surface area contributed by atoms with Crippen LogP contribution in [-0.2, 0) is 4.74 Å². The first-order valence-electron chi connectivity index (χ1n) is 6.57. The fraction of sp³-hybridized carbons (Fsp3) is 0.188. The van der Waals surface area contributed by atoms with Gasteiger partial charge in [0, 0.05) is 17.7 Å². The number of nitrogens with zero attached hydrogens (tertiary/aromatic N) is 1. The van der Waals surface area contributed by atoms with Crippen molar-refractivity contribution < 1.29 is 14.5 Å². The summed E-state index contributed by atoms with van der Waals surface area (Å²) in [6.07, 6.45) is -0.797. The highest BCUT2D eigenvalue weighted by Gasteiger charge is 2.46. The van der Waals surface area contributed by atoms with Crippen molar-refractivity contribution in [3.63, 3.8) is 0 Å². The van der Waals surface area contributed by atoms with Crippen LogP contribution in [-0.4, -0.2) is 16.8 Å². The second-order valence-corrected chi connectivity index (χ2v) is 5.06. The molecule has 0 radical (unpaired) electrons. The molecule has 0 aliphatic carbocycles. The van der Waals surface area contributed by atoms with Gasteiger partial charge in [0.15, 0.2) is 11.9 Å². The summed E-state index contributed by atoms with van der Waals surface area (Å²) >= 11 is 0. The largest absolute Gasteiger partial charge is 0.356 e. The Morgan fingerprint density at radius 2 is 1.71 bits per heavy atom. The Kier molecular flexibility index (Phi) is 3.27. The van der Waals surface area contributed by atoms with Crippen LogP contribution in [0.5, 0.6) is 0 Å². The lowest BCUT2D eigenvalue weighted by atomic mass is 10.0. The summed E-state index contributed by atoms with van der Waals surface area (Å²) in [5.41, 5.74) is 2.53. The molecule has 106 valence electrons. The molecule has 0 amide bonds. The quantitative estimate of drug-likeness (QED) is 0.374. The summed E-state index contributed by atoms with van der Waals surface area (Å²) in [6, 6.07) is 13.4. The van der Waals surface area contributed by atoms with Crippen LogP contribution in [0.25, 0.3) is 0 Å². The van der Waals surface area contributed by atoms with E-state index in [9.17, 15) is 14.9 Å². The first-order chi connectivity index (χ1) is 10.1. The topological polar surface area (TPSA) is 72.7 Å². The first-order valence-corrected chi connectivity index (χ1v) is 6.57. The highest BCUT2D eigenvalue weighted by atomic mass is 16.6. The lowest BCUT2D eigenvalue weighted by molar-refractivity contribution is -0.384. The van der Waals surface area contributed by atoms with E-state index in [2.05, 4.69) is 0 Å². The van der Waals surface area contributed by atoms with Gasteiger partial charge in [-0.15, -0.1) is 0 Å². The second-order valence-electron chi connectivity index (χ2n) is 5.06. The molecule has 0 bridgehead atoms. The van der Waals surface area contributed by atoms with Gasteiger partial charge in [0.2, 0.25) is 0 Å².